The first-order chi connectivity index (χ1) is 14.6. The predicted octanol–water partition coefficient (Wildman–Crippen LogP) is 5.35. The van der Waals surface area contributed by atoms with E-state index in [4.69, 9.17) is 21.3 Å². The van der Waals surface area contributed by atoms with Gasteiger partial charge < -0.3 is 14.4 Å². The molecule has 0 N–H and O–H groups in total. The van der Waals surface area contributed by atoms with Gasteiger partial charge in [-0.3, -0.25) is 4.79 Å². The van der Waals surface area contributed by atoms with Crippen LogP contribution in [0.3, 0.4) is 0 Å². The van der Waals surface area contributed by atoms with Gasteiger partial charge in [-0.25, -0.2) is 4.98 Å². The van der Waals surface area contributed by atoms with Crippen molar-refractivity contribution in [1.82, 2.24) is 4.98 Å². The molecule has 0 spiro atoms. The van der Waals surface area contributed by atoms with E-state index in [0.29, 0.717) is 12.5 Å². The lowest BCUT2D eigenvalue weighted by Crippen LogP contribution is -2.34. The van der Waals surface area contributed by atoms with Crippen molar-refractivity contribution in [1.29, 1.82) is 0 Å². The summed E-state index contributed by atoms with van der Waals surface area (Å²) >= 11 is 7.81. The summed E-state index contributed by atoms with van der Waals surface area (Å²) in [5.41, 5.74) is 1.95. The molecule has 1 aromatic heterocycles. The van der Waals surface area contributed by atoms with Gasteiger partial charge in [-0.05, 0) is 61.1 Å². The highest BCUT2D eigenvalue weighted by Gasteiger charge is 2.21. The molecule has 1 aliphatic rings. The Bertz CT molecular complexity index is 997. The van der Waals surface area contributed by atoms with Gasteiger partial charge in [-0.2, -0.15) is 0 Å². The standard InChI is InChI=1S/C23H25ClN2O3S/c1-28-22(27)14-17-2-5-19(6-3-17)29-13-10-16-8-11-26(12-9-16)23-25-20-7-4-18(24)15-21(20)30-23/h2-7,15-16H,8-14H2,1H3. The molecule has 0 amide bonds. The van der Waals surface area contributed by atoms with Crippen molar-refractivity contribution in [3.8, 4) is 5.75 Å². The maximum Gasteiger partial charge on any atom is 0.309 e. The lowest BCUT2D eigenvalue weighted by Gasteiger charge is -2.31. The van der Waals surface area contributed by atoms with Crippen molar-refractivity contribution in [2.45, 2.75) is 25.7 Å². The van der Waals surface area contributed by atoms with Crippen LogP contribution < -0.4 is 9.64 Å². The molecule has 0 radical (unpaired) electrons. The number of hydrogen-bond donors (Lipinski definition) is 0. The molecule has 3 aromatic rings. The highest BCUT2D eigenvalue weighted by Crippen LogP contribution is 2.33. The maximum absolute atomic E-state index is 11.3. The van der Waals surface area contributed by atoms with E-state index < -0.39 is 0 Å². The Hall–Kier alpha value is -2.31. The third-order valence-electron chi connectivity index (χ3n) is 5.52. The zero-order chi connectivity index (χ0) is 20.9. The van der Waals surface area contributed by atoms with Gasteiger partial charge in [0.05, 0.1) is 30.4 Å². The Morgan fingerprint density at radius 1 is 1.20 bits per heavy atom. The molecule has 0 bridgehead atoms. The number of halogens is 1. The molecule has 1 saturated heterocycles. The fourth-order valence-electron chi connectivity index (χ4n) is 3.72. The van der Waals surface area contributed by atoms with Crippen LogP contribution in [0.1, 0.15) is 24.8 Å². The zero-order valence-corrected chi connectivity index (χ0v) is 18.5. The summed E-state index contributed by atoms with van der Waals surface area (Å²) in [6.07, 6.45) is 3.64. The van der Waals surface area contributed by atoms with Gasteiger partial charge >= 0.3 is 5.97 Å². The number of methoxy groups -OCH3 is 1. The zero-order valence-electron chi connectivity index (χ0n) is 17.0. The number of thiazole rings is 1. The molecule has 2 heterocycles. The van der Waals surface area contributed by atoms with Gasteiger partial charge in [0.1, 0.15) is 5.75 Å². The summed E-state index contributed by atoms with van der Waals surface area (Å²) in [6, 6.07) is 13.5. The van der Waals surface area contributed by atoms with Crippen LogP contribution in [0.2, 0.25) is 5.02 Å². The van der Waals surface area contributed by atoms with E-state index in [2.05, 4.69) is 9.64 Å². The number of aromatic nitrogens is 1. The van der Waals surface area contributed by atoms with E-state index in [1.165, 1.54) is 7.11 Å². The second-order valence-corrected chi connectivity index (χ2v) is 9.02. The fourth-order valence-corrected chi connectivity index (χ4v) is 5.01. The molecule has 158 valence electrons. The van der Waals surface area contributed by atoms with E-state index in [-0.39, 0.29) is 12.4 Å². The van der Waals surface area contributed by atoms with Gasteiger partial charge in [-0.15, -0.1) is 0 Å². The molecule has 0 saturated carbocycles. The van der Waals surface area contributed by atoms with E-state index in [1.54, 1.807) is 11.3 Å². The number of hydrogen-bond acceptors (Lipinski definition) is 6. The number of benzene rings is 2. The molecule has 30 heavy (non-hydrogen) atoms. The van der Waals surface area contributed by atoms with Crippen molar-refractivity contribution in [3.05, 3.63) is 53.1 Å². The Labute approximate surface area is 185 Å². The van der Waals surface area contributed by atoms with Gasteiger partial charge in [0, 0.05) is 18.1 Å². The minimum Gasteiger partial charge on any atom is -0.494 e. The number of carbonyl (C=O) groups is 1. The number of anilines is 1. The second-order valence-electron chi connectivity index (χ2n) is 7.57. The first-order valence-electron chi connectivity index (χ1n) is 10.2. The number of esters is 1. The molecular formula is C23H25ClN2O3S. The molecule has 0 unspecified atom stereocenters. The molecular weight excluding hydrogens is 420 g/mol. The Balaban J connectivity index is 1.21. The average molecular weight is 445 g/mol. The monoisotopic (exact) mass is 444 g/mol. The normalized spacial score (nSPS) is 14.8. The SMILES string of the molecule is COC(=O)Cc1ccc(OCCC2CCN(c3nc4ccc(Cl)cc4s3)CC2)cc1. The van der Waals surface area contributed by atoms with Crippen LogP contribution in [0.5, 0.6) is 5.75 Å². The van der Waals surface area contributed by atoms with Gasteiger partial charge in [0.15, 0.2) is 5.13 Å². The lowest BCUT2D eigenvalue weighted by atomic mass is 9.94. The second kappa shape index (κ2) is 9.67. The van der Waals surface area contributed by atoms with Crippen LogP contribution in [-0.2, 0) is 16.0 Å². The maximum atomic E-state index is 11.3. The smallest absolute Gasteiger partial charge is 0.309 e. The van der Waals surface area contributed by atoms with E-state index >= 15 is 0 Å². The first kappa shape index (κ1) is 20.9. The number of ether oxygens (including phenoxy) is 2. The largest absolute Gasteiger partial charge is 0.494 e. The number of fused-ring (bicyclic) bond motifs is 1. The Morgan fingerprint density at radius 2 is 1.97 bits per heavy atom. The molecule has 5 nitrogen and oxygen atoms in total. The van der Waals surface area contributed by atoms with Gasteiger partial charge in [-0.1, -0.05) is 35.1 Å². The van der Waals surface area contributed by atoms with E-state index in [0.717, 1.165) is 64.0 Å². The van der Waals surface area contributed by atoms with Crippen molar-refractivity contribution in [3.63, 3.8) is 0 Å². The highest BCUT2D eigenvalue weighted by atomic mass is 35.5. The van der Waals surface area contributed by atoms with Crippen molar-refractivity contribution < 1.29 is 14.3 Å². The van der Waals surface area contributed by atoms with Crippen LogP contribution in [-0.4, -0.2) is 37.8 Å². The quantitative estimate of drug-likeness (QED) is 0.460. The molecule has 7 heteroatoms. The molecule has 0 atom stereocenters. The molecule has 4 rings (SSSR count). The van der Waals surface area contributed by atoms with Crippen LogP contribution in [0.4, 0.5) is 5.13 Å². The number of carbonyl (C=O) groups excluding carboxylic acids is 1. The minimum atomic E-state index is -0.232. The van der Waals surface area contributed by atoms with Crippen molar-refractivity contribution >= 4 is 44.3 Å². The van der Waals surface area contributed by atoms with Crippen molar-refractivity contribution in [2.75, 3.05) is 31.7 Å². The van der Waals surface area contributed by atoms with Crippen molar-refractivity contribution in [2.24, 2.45) is 5.92 Å². The summed E-state index contributed by atoms with van der Waals surface area (Å²) in [5, 5.41) is 1.85. The summed E-state index contributed by atoms with van der Waals surface area (Å²) in [5.74, 6) is 1.28. The topological polar surface area (TPSA) is 51.7 Å². The predicted molar refractivity (Wildman–Crippen MR) is 122 cm³/mol. The summed E-state index contributed by atoms with van der Waals surface area (Å²) < 4.78 is 11.7. The Kier molecular flexibility index (Phi) is 6.75. The highest BCUT2D eigenvalue weighted by molar-refractivity contribution is 7.22. The van der Waals surface area contributed by atoms with E-state index in [9.17, 15) is 4.79 Å². The number of piperidine rings is 1. The summed E-state index contributed by atoms with van der Waals surface area (Å²) in [7, 11) is 1.40. The third kappa shape index (κ3) is 5.24. The minimum absolute atomic E-state index is 0.232. The Morgan fingerprint density at radius 3 is 2.70 bits per heavy atom. The number of rotatable bonds is 7. The summed E-state index contributed by atoms with van der Waals surface area (Å²) in [4.78, 5) is 18.5. The van der Waals surface area contributed by atoms with Gasteiger partial charge in [0.25, 0.3) is 0 Å². The lowest BCUT2D eigenvalue weighted by molar-refractivity contribution is -0.139. The van der Waals surface area contributed by atoms with Crippen LogP contribution >= 0.6 is 22.9 Å². The number of nitrogens with zero attached hydrogens (tertiary/aromatic N) is 2. The third-order valence-corrected chi connectivity index (χ3v) is 6.83. The molecule has 2 aromatic carbocycles. The van der Waals surface area contributed by atoms with Crippen LogP contribution in [0, 0.1) is 5.92 Å². The summed E-state index contributed by atoms with van der Waals surface area (Å²) in [6.45, 7) is 2.77. The first-order valence-corrected chi connectivity index (χ1v) is 11.4. The van der Waals surface area contributed by atoms with E-state index in [1.807, 2.05) is 42.5 Å². The van der Waals surface area contributed by atoms with Crippen LogP contribution in [0.25, 0.3) is 10.2 Å². The molecule has 1 aliphatic heterocycles. The van der Waals surface area contributed by atoms with Gasteiger partial charge in [0.2, 0.25) is 0 Å². The fraction of sp³-hybridized carbons (Fsp3) is 0.391. The average Bonchev–Trinajstić information content (AvgIpc) is 3.18. The molecule has 1 fully saturated rings. The van der Waals surface area contributed by atoms with Crippen LogP contribution in [0.15, 0.2) is 42.5 Å². The molecule has 0 aliphatic carbocycles.